The summed E-state index contributed by atoms with van der Waals surface area (Å²) >= 11 is 1.74. The van der Waals surface area contributed by atoms with E-state index in [4.69, 9.17) is 4.98 Å². The molecule has 0 radical (unpaired) electrons. The smallest absolute Gasteiger partial charge is 0.261 e. The van der Waals surface area contributed by atoms with E-state index < -0.39 is 15.8 Å². The second kappa shape index (κ2) is 11.7. The van der Waals surface area contributed by atoms with Gasteiger partial charge >= 0.3 is 0 Å². The molecule has 0 spiro atoms. The van der Waals surface area contributed by atoms with Gasteiger partial charge in [-0.15, -0.1) is 0 Å². The van der Waals surface area contributed by atoms with Crippen molar-refractivity contribution in [1.82, 2.24) is 15.2 Å². The number of hydrogen-bond acceptors (Lipinski definition) is 7. The molecule has 1 saturated heterocycles. The maximum atomic E-state index is 13.1. The van der Waals surface area contributed by atoms with Gasteiger partial charge in [0, 0.05) is 50.5 Å². The van der Waals surface area contributed by atoms with Crippen LogP contribution in [0.3, 0.4) is 0 Å². The molecule has 0 atom stereocenters. The van der Waals surface area contributed by atoms with Crippen LogP contribution in [-0.4, -0.2) is 63.5 Å². The highest BCUT2D eigenvalue weighted by Crippen LogP contribution is 2.30. The molecule has 0 bridgehead atoms. The van der Waals surface area contributed by atoms with Gasteiger partial charge in [-0.2, -0.15) is 0 Å². The van der Waals surface area contributed by atoms with Gasteiger partial charge < -0.3 is 10.2 Å². The Morgan fingerprint density at radius 3 is 2.41 bits per heavy atom. The van der Waals surface area contributed by atoms with Crippen molar-refractivity contribution in [3.63, 3.8) is 0 Å². The third-order valence-corrected chi connectivity index (χ3v) is 9.21. The summed E-state index contributed by atoms with van der Waals surface area (Å²) in [5.41, 5.74) is 3.13. The van der Waals surface area contributed by atoms with Crippen LogP contribution in [0.5, 0.6) is 0 Å². The molecular weight excluding hydrogens is 537 g/mol. The number of nitrogens with zero attached hydrogens (tertiary/aromatic N) is 3. The van der Waals surface area contributed by atoms with Gasteiger partial charge in [-0.1, -0.05) is 24.3 Å². The summed E-state index contributed by atoms with van der Waals surface area (Å²) < 4.78 is 41.7. The van der Waals surface area contributed by atoms with Gasteiger partial charge in [0.25, 0.3) is 15.9 Å². The second-order valence-electron chi connectivity index (χ2n) is 9.37. The fourth-order valence-corrected chi connectivity index (χ4v) is 6.56. The summed E-state index contributed by atoms with van der Waals surface area (Å²) in [4.78, 5) is 22.0. The van der Waals surface area contributed by atoms with E-state index in [-0.39, 0.29) is 10.8 Å². The van der Waals surface area contributed by atoms with E-state index in [2.05, 4.69) is 45.0 Å². The first-order valence-corrected chi connectivity index (χ1v) is 15.1. The molecule has 0 aliphatic carbocycles. The van der Waals surface area contributed by atoms with Crippen molar-refractivity contribution in [3.05, 3.63) is 83.7 Å². The van der Waals surface area contributed by atoms with Crippen molar-refractivity contribution >= 4 is 48.3 Å². The lowest BCUT2D eigenvalue weighted by Gasteiger charge is -2.34. The van der Waals surface area contributed by atoms with Crippen molar-refractivity contribution in [1.29, 1.82) is 0 Å². The number of nitrogens with one attached hydrogen (secondary N) is 2. The number of aryl methyl sites for hydroxylation is 1. The molecule has 3 aromatic carbocycles. The van der Waals surface area contributed by atoms with Gasteiger partial charge in [0.2, 0.25) is 0 Å². The highest BCUT2D eigenvalue weighted by molar-refractivity contribution is 7.92. The average molecular weight is 568 g/mol. The van der Waals surface area contributed by atoms with Crippen LogP contribution in [0.25, 0.3) is 10.2 Å². The lowest BCUT2D eigenvalue weighted by molar-refractivity contribution is 0.0948. The van der Waals surface area contributed by atoms with Gasteiger partial charge in [0.05, 0.1) is 15.1 Å². The minimum absolute atomic E-state index is 0.0443. The number of hydrogen-bond donors (Lipinski definition) is 2. The van der Waals surface area contributed by atoms with E-state index in [1.807, 2.05) is 0 Å². The first kappa shape index (κ1) is 27.0. The van der Waals surface area contributed by atoms with Crippen molar-refractivity contribution < 1.29 is 17.6 Å². The average Bonchev–Trinajstić information content (AvgIpc) is 3.37. The molecule has 4 aromatic rings. The highest BCUT2D eigenvalue weighted by atomic mass is 32.2. The predicted octanol–water partition coefficient (Wildman–Crippen LogP) is 4.35. The number of thiazole rings is 1. The van der Waals surface area contributed by atoms with Gasteiger partial charge in [-0.05, 0) is 72.6 Å². The fourth-order valence-electron chi connectivity index (χ4n) is 4.42. The number of anilines is 2. The fraction of sp³-hybridized carbons (Fsp3) is 0.286. The topological polar surface area (TPSA) is 94.6 Å². The summed E-state index contributed by atoms with van der Waals surface area (Å²) in [7, 11) is -3.85. The van der Waals surface area contributed by atoms with Crippen LogP contribution in [0, 0.1) is 5.82 Å². The van der Waals surface area contributed by atoms with E-state index in [1.165, 1.54) is 34.5 Å². The van der Waals surface area contributed by atoms with E-state index in [0.29, 0.717) is 17.8 Å². The van der Waals surface area contributed by atoms with Gasteiger partial charge in [0.15, 0.2) is 5.13 Å². The van der Waals surface area contributed by atoms with Crippen molar-refractivity contribution in [3.8, 4) is 0 Å². The first-order valence-electron chi connectivity index (χ1n) is 12.8. The quantitative estimate of drug-likeness (QED) is 0.312. The number of amides is 1. The van der Waals surface area contributed by atoms with Gasteiger partial charge in [-0.3, -0.25) is 14.4 Å². The van der Waals surface area contributed by atoms with Crippen LogP contribution in [0.2, 0.25) is 0 Å². The summed E-state index contributed by atoms with van der Waals surface area (Å²) in [5, 5.41) is 4.00. The number of sulfonamides is 1. The van der Waals surface area contributed by atoms with E-state index in [0.717, 1.165) is 61.9 Å². The van der Waals surface area contributed by atoms with E-state index in [1.54, 1.807) is 23.5 Å². The monoisotopic (exact) mass is 567 g/mol. The molecule has 39 heavy (non-hydrogen) atoms. The van der Waals surface area contributed by atoms with E-state index in [9.17, 15) is 17.6 Å². The summed E-state index contributed by atoms with van der Waals surface area (Å²) in [6.07, 6.45) is 1.02. The van der Waals surface area contributed by atoms with Gasteiger partial charge in [-0.25, -0.2) is 17.8 Å². The second-order valence-corrected chi connectivity index (χ2v) is 12.1. The molecule has 1 aliphatic heterocycles. The third kappa shape index (κ3) is 6.55. The number of fused-ring (bicyclic) bond motifs is 1. The Morgan fingerprint density at radius 1 is 1.00 bits per heavy atom. The number of carbonyl (C=O) groups is 1. The zero-order chi connectivity index (χ0) is 27.4. The molecule has 1 aliphatic rings. The third-order valence-electron chi connectivity index (χ3n) is 6.73. The number of piperazine rings is 1. The molecule has 1 aromatic heterocycles. The number of rotatable bonds is 9. The minimum Gasteiger partial charge on any atom is -0.351 e. The van der Waals surface area contributed by atoms with Crippen LogP contribution in [0.4, 0.5) is 15.2 Å². The van der Waals surface area contributed by atoms with Gasteiger partial charge in [0.1, 0.15) is 5.82 Å². The van der Waals surface area contributed by atoms with Crippen LogP contribution < -0.4 is 14.9 Å². The predicted molar refractivity (Wildman–Crippen MR) is 154 cm³/mol. The maximum Gasteiger partial charge on any atom is 0.261 e. The van der Waals surface area contributed by atoms with Crippen molar-refractivity contribution in [2.45, 2.75) is 18.2 Å². The lowest BCUT2D eigenvalue weighted by Crippen LogP contribution is -2.48. The Morgan fingerprint density at radius 2 is 1.72 bits per heavy atom. The number of benzene rings is 3. The molecule has 0 saturated carbocycles. The molecule has 2 N–H and O–H groups in total. The lowest BCUT2D eigenvalue weighted by atomic mass is 10.2. The molecule has 1 fully saturated rings. The number of halogens is 1. The molecule has 5 rings (SSSR count). The molecule has 204 valence electrons. The Balaban J connectivity index is 1.07. The Labute approximate surface area is 231 Å². The molecule has 0 unspecified atom stereocenters. The van der Waals surface area contributed by atoms with Crippen LogP contribution >= 0.6 is 11.3 Å². The Kier molecular flexibility index (Phi) is 8.10. The number of carbonyl (C=O) groups excluding carboxylic acids is 1. The van der Waals surface area contributed by atoms with E-state index >= 15 is 0 Å². The molecule has 2 heterocycles. The SMILES string of the molecule is CCc1ccc2nc(N3CCN(CCNC(=O)c4ccc(NS(=O)(=O)c5ccc(F)cc5)cc4)CC3)sc2c1. The highest BCUT2D eigenvalue weighted by Gasteiger charge is 2.20. The largest absolute Gasteiger partial charge is 0.351 e. The van der Waals surface area contributed by atoms with Crippen LogP contribution in [-0.2, 0) is 16.4 Å². The summed E-state index contributed by atoms with van der Waals surface area (Å²) in [5.74, 6) is -0.732. The zero-order valence-electron chi connectivity index (χ0n) is 21.6. The minimum atomic E-state index is -3.85. The molecule has 1 amide bonds. The number of aromatic nitrogens is 1. The van der Waals surface area contributed by atoms with Crippen molar-refractivity contribution in [2.75, 3.05) is 48.9 Å². The standard InChI is InChI=1S/C28H30FN5O3S2/c1-2-20-3-12-25-26(19-20)38-28(31-25)34-17-15-33(16-18-34)14-13-30-27(35)21-4-8-23(9-5-21)32-39(36,37)24-10-6-22(29)7-11-24/h3-12,19,32H,2,13-18H2,1H3,(H,30,35). The Bertz CT molecular complexity index is 1550. The first-order chi connectivity index (χ1) is 18.8. The molecule has 11 heteroatoms. The zero-order valence-corrected chi connectivity index (χ0v) is 23.2. The van der Waals surface area contributed by atoms with Crippen molar-refractivity contribution in [2.24, 2.45) is 0 Å². The maximum absolute atomic E-state index is 13.1. The van der Waals surface area contributed by atoms with Crippen LogP contribution in [0.1, 0.15) is 22.8 Å². The summed E-state index contributed by atoms with van der Waals surface area (Å²) in [6.45, 7) is 7.00. The summed E-state index contributed by atoms with van der Waals surface area (Å²) in [6, 6.07) is 17.2. The molecule has 8 nitrogen and oxygen atoms in total. The van der Waals surface area contributed by atoms with Crippen LogP contribution in [0.15, 0.2) is 71.6 Å². The molecular formula is C28H30FN5O3S2. The Hall–Kier alpha value is -3.54. The normalized spacial score (nSPS) is 14.5.